The summed E-state index contributed by atoms with van der Waals surface area (Å²) in [5, 5.41) is 3.75. The molecule has 5 heteroatoms. The predicted octanol–water partition coefficient (Wildman–Crippen LogP) is 4.96. The van der Waals surface area contributed by atoms with E-state index < -0.39 is 5.60 Å². The lowest BCUT2D eigenvalue weighted by molar-refractivity contribution is -0.00979. The van der Waals surface area contributed by atoms with E-state index in [9.17, 15) is 4.79 Å². The molecule has 0 aromatic heterocycles. The fraction of sp³-hybridized carbons (Fsp3) is 0.731. The van der Waals surface area contributed by atoms with E-state index in [2.05, 4.69) is 35.6 Å². The first-order chi connectivity index (χ1) is 14.9. The molecule has 31 heavy (non-hydrogen) atoms. The Morgan fingerprint density at radius 1 is 1.06 bits per heavy atom. The van der Waals surface area contributed by atoms with Gasteiger partial charge in [-0.15, -0.1) is 0 Å². The number of amides is 1. The van der Waals surface area contributed by atoms with Crippen LogP contribution in [0.2, 0.25) is 0 Å². The number of benzene rings is 1. The van der Waals surface area contributed by atoms with Gasteiger partial charge in [0.15, 0.2) is 0 Å². The topological polar surface area (TPSA) is 50.8 Å². The molecule has 1 heterocycles. The monoisotopic (exact) mass is 428 g/mol. The lowest BCUT2D eigenvalue weighted by Gasteiger charge is -2.40. The third kappa shape index (κ3) is 6.45. The molecule has 4 atom stereocenters. The average molecular weight is 429 g/mol. The molecule has 172 valence electrons. The molecule has 1 aromatic rings. The van der Waals surface area contributed by atoms with E-state index in [4.69, 9.17) is 9.47 Å². The van der Waals surface area contributed by atoms with Gasteiger partial charge in [0.1, 0.15) is 5.60 Å². The van der Waals surface area contributed by atoms with Crippen LogP contribution >= 0.6 is 0 Å². The Bertz CT molecular complexity index is 713. The van der Waals surface area contributed by atoms with Crippen molar-refractivity contribution in [3.8, 4) is 0 Å². The number of piperidine rings is 1. The molecule has 3 fully saturated rings. The Labute approximate surface area is 187 Å². The van der Waals surface area contributed by atoms with Crippen molar-refractivity contribution in [2.45, 2.75) is 82.9 Å². The summed E-state index contributed by atoms with van der Waals surface area (Å²) < 4.78 is 11.8. The van der Waals surface area contributed by atoms with Gasteiger partial charge in [0.2, 0.25) is 0 Å². The summed E-state index contributed by atoms with van der Waals surface area (Å²) in [6.45, 7) is 9.13. The van der Waals surface area contributed by atoms with E-state index in [1.165, 1.54) is 31.2 Å². The molecule has 1 aliphatic heterocycles. The Balaban J connectivity index is 1.30. The van der Waals surface area contributed by atoms with E-state index in [0.29, 0.717) is 17.9 Å². The Hall–Kier alpha value is -1.59. The number of hydrogen-bond donors (Lipinski definition) is 1. The zero-order valence-corrected chi connectivity index (χ0v) is 19.5. The molecule has 2 unspecified atom stereocenters. The standard InChI is InChI=1S/C26H40N2O3/c1-26(2,3)31-25(29)28-13-12-20(18-30-17-19-8-7-9-19)14-22(28)16-27-24-15-23(24)21-10-5-4-6-11-21/h4-6,10-11,19-20,22-24,27H,7-9,12-18H2,1-3H3/t20?,22?,23-,24+/m0/s1. The number of ether oxygens (including phenoxy) is 2. The van der Waals surface area contributed by atoms with Gasteiger partial charge < -0.3 is 19.7 Å². The second-order valence-corrected chi connectivity index (χ2v) is 10.8. The van der Waals surface area contributed by atoms with Gasteiger partial charge in [-0.1, -0.05) is 36.8 Å². The van der Waals surface area contributed by atoms with E-state index in [-0.39, 0.29) is 12.1 Å². The van der Waals surface area contributed by atoms with Gasteiger partial charge >= 0.3 is 6.09 Å². The maximum absolute atomic E-state index is 12.9. The van der Waals surface area contributed by atoms with E-state index >= 15 is 0 Å². The molecular formula is C26H40N2O3. The highest BCUT2D eigenvalue weighted by Crippen LogP contribution is 2.40. The molecule has 0 spiro atoms. The van der Waals surface area contributed by atoms with Gasteiger partial charge in [0.05, 0.1) is 0 Å². The fourth-order valence-electron chi connectivity index (χ4n) is 4.88. The van der Waals surface area contributed by atoms with Crippen LogP contribution in [-0.4, -0.2) is 55.0 Å². The van der Waals surface area contributed by atoms with Crippen molar-refractivity contribution in [1.29, 1.82) is 0 Å². The lowest BCUT2D eigenvalue weighted by atomic mass is 9.86. The number of carbonyl (C=O) groups is 1. The first-order valence-electron chi connectivity index (χ1n) is 12.2. The minimum Gasteiger partial charge on any atom is -0.444 e. The Kier molecular flexibility index (Phi) is 7.22. The minimum absolute atomic E-state index is 0.165. The van der Waals surface area contributed by atoms with Crippen LogP contribution in [0.4, 0.5) is 4.79 Å². The number of nitrogens with one attached hydrogen (secondary N) is 1. The summed E-state index contributed by atoms with van der Waals surface area (Å²) in [5.74, 6) is 1.90. The molecule has 1 aromatic carbocycles. The van der Waals surface area contributed by atoms with Crippen LogP contribution in [0.3, 0.4) is 0 Å². The second-order valence-electron chi connectivity index (χ2n) is 10.8. The quantitative estimate of drug-likeness (QED) is 0.635. The number of carbonyl (C=O) groups excluding carboxylic acids is 1. The largest absolute Gasteiger partial charge is 0.444 e. The molecule has 1 saturated heterocycles. The third-order valence-electron chi connectivity index (χ3n) is 7.02. The second kappa shape index (κ2) is 9.91. The average Bonchev–Trinajstić information content (AvgIpc) is 3.47. The third-order valence-corrected chi connectivity index (χ3v) is 7.02. The SMILES string of the molecule is CC(C)(C)OC(=O)N1CCC(COCC2CCC2)CC1CN[C@@H]1C[C@H]1c1ccccc1. The summed E-state index contributed by atoms with van der Waals surface area (Å²) >= 11 is 0. The van der Waals surface area contributed by atoms with E-state index in [1.807, 2.05) is 25.7 Å². The van der Waals surface area contributed by atoms with Crippen molar-refractivity contribution in [3.05, 3.63) is 35.9 Å². The highest BCUT2D eigenvalue weighted by Gasteiger charge is 2.40. The normalized spacial score (nSPS) is 28.8. The van der Waals surface area contributed by atoms with Crippen molar-refractivity contribution < 1.29 is 14.3 Å². The molecular weight excluding hydrogens is 388 g/mol. The van der Waals surface area contributed by atoms with E-state index in [0.717, 1.165) is 45.1 Å². The molecule has 5 nitrogen and oxygen atoms in total. The summed E-state index contributed by atoms with van der Waals surface area (Å²) in [6, 6.07) is 11.4. The molecule has 4 rings (SSSR count). The smallest absolute Gasteiger partial charge is 0.410 e. The molecule has 1 amide bonds. The van der Waals surface area contributed by atoms with Crippen LogP contribution < -0.4 is 5.32 Å². The molecule has 2 saturated carbocycles. The van der Waals surface area contributed by atoms with Gasteiger partial charge in [-0.05, 0) is 70.3 Å². The summed E-state index contributed by atoms with van der Waals surface area (Å²) in [7, 11) is 0. The molecule has 0 radical (unpaired) electrons. The number of hydrogen-bond acceptors (Lipinski definition) is 4. The zero-order chi connectivity index (χ0) is 21.8. The number of likely N-dealkylation sites (tertiary alicyclic amines) is 1. The molecule has 1 N–H and O–H groups in total. The van der Waals surface area contributed by atoms with Crippen LogP contribution in [-0.2, 0) is 9.47 Å². The van der Waals surface area contributed by atoms with Crippen LogP contribution in [0, 0.1) is 11.8 Å². The first kappa shape index (κ1) is 22.6. The van der Waals surface area contributed by atoms with Crippen molar-refractivity contribution >= 4 is 6.09 Å². The minimum atomic E-state index is -0.466. The van der Waals surface area contributed by atoms with Crippen molar-refractivity contribution in [2.75, 3.05) is 26.3 Å². The maximum atomic E-state index is 12.9. The Morgan fingerprint density at radius 3 is 2.48 bits per heavy atom. The number of rotatable bonds is 8. The fourth-order valence-corrected chi connectivity index (χ4v) is 4.88. The van der Waals surface area contributed by atoms with Crippen molar-refractivity contribution in [1.82, 2.24) is 10.2 Å². The highest BCUT2D eigenvalue weighted by molar-refractivity contribution is 5.68. The van der Waals surface area contributed by atoms with Gasteiger partial charge in [-0.25, -0.2) is 4.79 Å². The first-order valence-corrected chi connectivity index (χ1v) is 12.2. The van der Waals surface area contributed by atoms with Gasteiger partial charge in [-0.2, -0.15) is 0 Å². The van der Waals surface area contributed by atoms with Gasteiger partial charge in [-0.3, -0.25) is 0 Å². The Morgan fingerprint density at radius 2 is 1.81 bits per heavy atom. The summed E-state index contributed by atoms with van der Waals surface area (Å²) in [5.41, 5.74) is 0.946. The van der Waals surface area contributed by atoms with E-state index in [1.54, 1.807) is 0 Å². The van der Waals surface area contributed by atoms with Gasteiger partial charge in [0.25, 0.3) is 0 Å². The maximum Gasteiger partial charge on any atom is 0.410 e. The predicted molar refractivity (Wildman–Crippen MR) is 123 cm³/mol. The molecule has 2 aliphatic carbocycles. The van der Waals surface area contributed by atoms with Crippen LogP contribution in [0.1, 0.15) is 70.8 Å². The molecule has 0 bridgehead atoms. The molecule has 3 aliphatic rings. The summed E-state index contributed by atoms with van der Waals surface area (Å²) in [6.07, 6.45) is 7.00. The zero-order valence-electron chi connectivity index (χ0n) is 19.5. The van der Waals surface area contributed by atoms with Crippen LogP contribution in [0.25, 0.3) is 0 Å². The lowest BCUT2D eigenvalue weighted by Crippen LogP contribution is -2.52. The van der Waals surface area contributed by atoms with Crippen LogP contribution in [0.15, 0.2) is 30.3 Å². The highest BCUT2D eigenvalue weighted by atomic mass is 16.6. The van der Waals surface area contributed by atoms with Crippen LogP contribution in [0.5, 0.6) is 0 Å². The van der Waals surface area contributed by atoms with Crippen molar-refractivity contribution in [3.63, 3.8) is 0 Å². The van der Waals surface area contributed by atoms with Gasteiger partial charge in [0, 0.05) is 44.3 Å². The number of nitrogens with zero attached hydrogens (tertiary/aromatic N) is 1. The van der Waals surface area contributed by atoms with Crippen molar-refractivity contribution in [2.24, 2.45) is 11.8 Å². The summed E-state index contributed by atoms with van der Waals surface area (Å²) in [4.78, 5) is 14.8.